The van der Waals surface area contributed by atoms with Gasteiger partial charge in [0.25, 0.3) is 0 Å². The highest BCUT2D eigenvalue weighted by Gasteiger charge is 2.55. The normalized spacial score (nSPS) is 36.9. The zero-order valence-electron chi connectivity index (χ0n) is 11.0. The Kier molecular flexibility index (Phi) is 3.10. The van der Waals surface area contributed by atoms with Crippen LogP contribution in [0.2, 0.25) is 5.82 Å². The van der Waals surface area contributed by atoms with Gasteiger partial charge in [-0.15, -0.1) is 0 Å². The van der Waals surface area contributed by atoms with Crippen LogP contribution >= 0.6 is 0 Å². The molecule has 0 amide bonds. The van der Waals surface area contributed by atoms with Gasteiger partial charge in [-0.2, -0.15) is 0 Å². The first kappa shape index (κ1) is 12.4. The third-order valence-electron chi connectivity index (χ3n) is 4.64. The SMILES string of the molecule is CC1(C)OB([C@@H]2CCC[C@@H]2CN)OC1(C)C. The van der Waals surface area contributed by atoms with Crippen LogP contribution in [-0.4, -0.2) is 24.9 Å². The molecule has 0 aromatic rings. The molecule has 2 aliphatic rings. The van der Waals surface area contributed by atoms with Crippen molar-refractivity contribution in [3.63, 3.8) is 0 Å². The number of nitrogens with two attached hydrogens (primary N) is 1. The molecule has 2 atom stereocenters. The van der Waals surface area contributed by atoms with Gasteiger partial charge in [-0.25, -0.2) is 0 Å². The Balaban J connectivity index is 2.08. The van der Waals surface area contributed by atoms with Gasteiger partial charge in [0.05, 0.1) is 11.2 Å². The van der Waals surface area contributed by atoms with Crippen LogP contribution < -0.4 is 5.73 Å². The van der Waals surface area contributed by atoms with Crippen LogP contribution in [0.1, 0.15) is 47.0 Å². The molecule has 0 aromatic carbocycles. The molecule has 0 bridgehead atoms. The molecule has 0 radical (unpaired) electrons. The van der Waals surface area contributed by atoms with Crippen LogP contribution in [0, 0.1) is 5.92 Å². The number of hydrogen-bond acceptors (Lipinski definition) is 3. The molecule has 2 rings (SSSR count). The summed E-state index contributed by atoms with van der Waals surface area (Å²) >= 11 is 0. The van der Waals surface area contributed by atoms with Crippen LogP contribution in [0.15, 0.2) is 0 Å². The standard InChI is InChI=1S/C12H24BNO2/c1-11(2)12(3,4)16-13(15-11)10-7-5-6-9(10)8-14/h9-10H,5-8,14H2,1-4H3/t9-,10-/m1/s1. The average Bonchev–Trinajstić information content (AvgIpc) is 2.69. The molecule has 1 aliphatic carbocycles. The van der Waals surface area contributed by atoms with Crippen molar-refractivity contribution in [2.75, 3.05) is 6.54 Å². The maximum absolute atomic E-state index is 6.10. The van der Waals surface area contributed by atoms with E-state index in [1.54, 1.807) is 0 Å². The monoisotopic (exact) mass is 225 g/mol. The van der Waals surface area contributed by atoms with Gasteiger partial charge in [0.15, 0.2) is 0 Å². The third kappa shape index (κ3) is 1.91. The highest BCUT2D eigenvalue weighted by atomic mass is 16.7. The summed E-state index contributed by atoms with van der Waals surface area (Å²) in [6.07, 6.45) is 3.68. The molecule has 16 heavy (non-hydrogen) atoms. The Morgan fingerprint density at radius 1 is 1.12 bits per heavy atom. The summed E-state index contributed by atoms with van der Waals surface area (Å²) in [7, 11) is -0.0546. The highest BCUT2D eigenvalue weighted by molar-refractivity contribution is 6.47. The van der Waals surface area contributed by atoms with Crippen molar-refractivity contribution in [3.05, 3.63) is 0 Å². The smallest absolute Gasteiger partial charge is 0.403 e. The molecule has 2 N–H and O–H groups in total. The van der Waals surface area contributed by atoms with Crippen molar-refractivity contribution in [3.8, 4) is 0 Å². The molecular formula is C12H24BNO2. The van der Waals surface area contributed by atoms with E-state index in [1.807, 2.05) is 0 Å². The fourth-order valence-electron chi connectivity index (χ4n) is 2.78. The quantitative estimate of drug-likeness (QED) is 0.732. The molecule has 0 unspecified atom stereocenters. The number of rotatable bonds is 2. The minimum Gasteiger partial charge on any atom is -0.403 e. The van der Waals surface area contributed by atoms with Crippen molar-refractivity contribution in [2.45, 2.75) is 64.0 Å². The Labute approximate surface area is 99.2 Å². The van der Waals surface area contributed by atoms with E-state index in [2.05, 4.69) is 27.7 Å². The predicted molar refractivity (Wildman–Crippen MR) is 66.2 cm³/mol. The molecule has 1 saturated carbocycles. The lowest BCUT2D eigenvalue weighted by atomic mass is 9.66. The van der Waals surface area contributed by atoms with Crippen LogP contribution in [-0.2, 0) is 9.31 Å². The van der Waals surface area contributed by atoms with Crippen molar-refractivity contribution >= 4 is 7.12 Å². The summed E-state index contributed by atoms with van der Waals surface area (Å²) in [6.45, 7) is 9.20. The van der Waals surface area contributed by atoms with E-state index in [4.69, 9.17) is 15.0 Å². The average molecular weight is 225 g/mol. The molecule has 1 saturated heterocycles. The van der Waals surface area contributed by atoms with Gasteiger partial charge in [0.2, 0.25) is 0 Å². The zero-order valence-corrected chi connectivity index (χ0v) is 11.0. The third-order valence-corrected chi connectivity index (χ3v) is 4.64. The van der Waals surface area contributed by atoms with Crippen LogP contribution in [0.3, 0.4) is 0 Å². The first-order valence-electron chi connectivity index (χ1n) is 6.43. The molecular weight excluding hydrogens is 201 g/mol. The van der Waals surface area contributed by atoms with E-state index >= 15 is 0 Å². The summed E-state index contributed by atoms with van der Waals surface area (Å²) in [5.74, 6) is 1.07. The van der Waals surface area contributed by atoms with Crippen molar-refractivity contribution in [1.29, 1.82) is 0 Å². The molecule has 1 aliphatic heterocycles. The second-order valence-electron chi connectivity index (χ2n) is 6.22. The largest absolute Gasteiger partial charge is 0.461 e. The summed E-state index contributed by atoms with van der Waals surface area (Å²) in [4.78, 5) is 0. The minimum absolute atomic E-state index is 0.0546. The Morgan fingerprint density at radius 3 is 2.19 bits per heavy atom. The summed E-state index contributed by atoms with van der Waals surface area (Å²) in [6, 6.07) is 0. The lowest BCUT2D eigenvalue weighted by Gasteiger charge is -2.32. The Bertz CT molecular complexity index is 252. The Morgan fingerprint density at radius 2 is 1.69 bits per heavy atom. The summed E-state index contributed by atoms with van der Waals surface area (Å²) in [5.41, 5.74) is 5.40. The second-order valence-corrected chi connectivity index (χ2v) is 6.22. The maximum Gasteiger partial charge on any atom is 0.461 e. The molecule has 92 valence electrons. The summed E-state index contributed by atoms with van der Waals surface area (Å²) < 4.78 is 12.2. The van der Waals surface area contributed by atoms with Crippen LogP contribution in [0.25, 0.3) is 0 Å². The van der Waals surface area contributed by atoms with Crippen molar-refractivity contribution in [2.24, 2.45) is 11.7 Å². The number of hydrogen-bond donors (Lipinski definition) is 1. The predicted octanol–water partition coefficient (Wildman–Crippen LogP) is 2.21. The van der Waals surface area contributed by atoms with Crippen LogP contribution in [0.4, 0.5) is 0 Å². The molecule has 0 spiro atoms. The fourth-order valence-corrected chi connectivity index (χ4v) is 2.78. The van der Waals surface area contributed by atoms with Gasteiger partial charge in [-0.05, 0) is 52.4 Å². The van der Waals surface area contributed by atoms with E-state index < -0.39 is 0 Å². The maximum atomic E-state index is 6.10. The topological polar surface area (TPSA) is 44.5 Å². The van der Waals surface area contributed by atoms with E-state index in [9.17, 15) is 0 Å². The molecule has 0 aromatic heterocycles. The fraction of sp³-hybridized carbons (Fsp3) is 1.00. The van der Waals surface area contributed by atoms with Gasteiger partial charge in [-0.1, -0.05) is 12.8 Å². The molecule has 3 nitrogen and oxygen atoms in total. The minimum atomic E-state index is -0.209. The first-order valence-corrected chi connectivity index (χ1v) is 6.43. The molecule has 2 fully saturated rings. The van der Waals surface area contributed by atoms with Gasteiger partial charge >= 0.3 is 7.12 Å². The zero-order chi connectivity index (χ0) is 12.0. The summed E-state index contributed by atoms with van der Waals surface area (Å²) in [5, 5.41) is 0. The second kappa shape index (κ2) is 4.00. The Hall–Kier alpha value is -0.0551. The van der Waals surface area contributed by atoms with E-state index in [0.29, 0.717) is 11.7 Å². The van der Waals surface area contributed by atoms with E-state index in [-0.39, 0.29) is 18.3 Å². The lowest BCUT2D eigenvalue weighted by molar-refractivity contribution is 0.00578. The van der Waals surface area contributed by atoms with Crippen LogP contribution in [0.5, 0.6) is 0 Å². The van der Waals surface area contributed by atoms with E-state index in [0.717, 1.165) is 6.54 Å². The van der Waals surface area contributed by atoms with Crippen molar-refractivity contribution in [1.82, 2.24) is 0 Å². The van der Waals surface area contributed by atoms with Gasteiger partial charge < -0.3 is 15.0 Å². The van der Waals surface area contributed by atoms with Gasteiger partial charge in [0, 0.05) is 0 Å². The highest BCUT2D eigenvalue weighted by Crippen LogP contribution is 2.46. The lowest BCUT2D eigenvalue weighted by Crippen LogP contribution is -2.41. The van der Waals surface area contributed by atoms with Gasteiger partial charge in [-0.3, -0.25) is 0 Å². The first-order chi connectivity index (χ1) is 7.37. The van der Waals surface area contributed by atoms with Gasteiger partial charge in [0.1, 0.15) is 0 Å². The van der Waals surface area contributed by atoms with E-state index in [1.165, 1.54) is 19.3 Å². The van der Waals surface area contributed by atoms with Crippen molar-refractivity contribution < 1.29 is 9.31 Å². The molecule has 1 heterocycles. The molecule has 4 heteroatoms.